The standard InChI is InChI=1S/C31H22ClF2N5O4S/c1-16-38-23-14-37-26(17-4-7-31(33,34)8-5-17)21(13-35)25(23)29(40)39(16)10-11-43-24-3-2-18(32)12-20(24)19-6-9-36-27-22(30(41)42)15-44-28(19)27/h2-4,6,9,12,14-15H,5,7-8,10-11H2,1H3,(H,41,42). The number of allylic oxidation sites excluding steroid dienone is 2. The van der Waals surface area contributed by atoms with E-state index in [0.29, 0.717) is 43.5 Å². The van der Waals surface area contributed by atoms with Gasteiger partial charge < -0.3 is 9.84 Å². The molecule has 4 aromatic heterocycles. The van der Waals surface area contributed by atoms with Crippen molar-refractivity contribution in [1.29, 1.82) is 5.26 Å². The van der Waals surface area contributed by atoms with Crippen molar-refractivity contribution < 1.29 is 23.4 Å². The van der Waals surface area contributed by atoms with Crippen LogP contribution in [-0.2, 0) is 6.54 Å². The van der Waals surface area contributed by atoms with Crippen LogP contribution in [-0.4, -0.2) is 43.1 Å². The van der Waals surface area contributed by atoms with E-state index in [1.54, 1.807) is 31.2 Å². The highest BCUT2D eigenvalue weighted by atomic mass is 35.5. The predicted octanol–water partition coefficient (Wildman–Crippen LogP) is 6.88. The van der Waals surface area contributed by atoms with Crippen molar-refractivity contribution in [3.63, 3.8) is 0 Å². The Balaban J connectivity index is 1.33. The number of thiophene rings is 1. The lowest BCUT2D eigenvalue weighted by atomic mass is 9.91. The molecule has 222 valence electrons. The number of nitrogens with zero attached hydrogens (tertiary/aromatic N) is 5. The molecule has 13 heteroatoms. The van der Waals surface area contributed by atoms with E-state index in [-0.39, 0.29) is 53.7 Å². The van der Waals surface area contributed by atoms with E-state index in [1.165, 1.54) is 39.8 Å². The molecule has 0 spiro atoms. The third-order valence-electron chi connectivity index (χ3n) is 7.50. The molecule has 0 fully saturated rings. The van der Waals surface area contributed by atoms with Crippen LogP contribution in [0.15, 0.2) is 52.9 Å². The Morgan fingerprint density at radius 1 is 1.27 bits per heavy atom. The van der Waals surface area contributed by atoms with E-state index in [0.717, 1.165) is 0 Å². The zero-order chi connectivity index (χ0) is 31.2. The van der Waals surface area contributed by atoms with E-state index < -0.39 is 23.9 Å². The van der Waals surface area contributed by atoms with Gasteiger partial charge in [-0.2, -0.15) is 5.26 Å². The second kappa shape index (κ2) is 11.4. The van der Waals surface area contributed by atoms with Gasteiger partial charge in [-0.3, -0.25) is 19.3 Å². The summed E-state index contributed by atoms with van der Waals surface area (Å²) in [6.45, 7) is 1.79. The van der Waals surface area contributed by atoms with Gasteiger partial charge in [-0.15, -0.1) is 11.3 Å². The second-order valence-corrected chi connectivity index (χ2v) is 11.6. The maximum absolute atomic E-state index is 13.7. The number of benzene rings is 1. The van der Waals surface area contributed by atoms with Crippen LogP contribution in [0.1, 0.15) is 46.7 Å². The summed E-state index contributed by atoms with van der Waals surface area (Å²) in [4.78, 5) is 38.4. The number of rotatable bonds is 7. The third kappa shape index (κ3) is 5.29. The number of aromatic nitrogens is 4. The van der Waals surface area contributed by atoms with Gasteiger partial charge in [-0.05, 0) is 43.2 Å². The highest BCUT2D eigenvalue weighted by Crippen LogP contribution is 2.40. The topological polar surface area (TPSA) is 131 Å². The number of aromatic carboxylic acids is 1. The minimum absolute atomic E-state index is 0.00417. The normalized spacial score (nSPS) is 14.4. The Kier molecular flexibility index (Phi) is 7.61. The number of ether oxygens (including phenoxy) is 1. The van der Waals surface area contributed by atoms with Crippen molar-refractivity contribution in [1.82, 2.24) is 19.5 Å². The third-order valence-corrected chi connectivity index (χ3v) is 8.74. The summed E-state index contributed by atoms with van der Waals surface area (Å²) in [6, 6.07) is 8.87. The molecular weight excluding hydrogens is 612 g/mol. The SMILES string of the molecule is Cc1nc2cnc(C3=CCC(F)(F)CC3)c(C#N)c2c(=O)n1CCOc1ccc(Cl)cc1-c1ccnc2c(C(=O)O)csc12. The van der Waals surface area contributed by atoms with Crippen LogP contribution in [0, 0.1) is 18.3 Å². The van der Waals surface area contributed by atoms with Gasteiger partial charge in [0.15, 0.2) is 0 Å². The molecular formula is C31H22ClF2N5O4S. The first kappa shape index (κ1) is 29.3. The first-order valence-electron chi connectivity index (χ1n) is 13.5. The number of pyridine rings is 2. The van der Waals surface area contributed by atoms with Gasteiger partial charge in [0.25, 0.3) is 11.5 Å². The van der Waals surface area contributed by atoms with E-state index in [2.05, 4.69) is 21.0 Å². The second-order valence-electron chi connectivity index (χ2n) is 10.2. The van der Waals surface area contributed by atoms with Gasteiger partial charge in [0.05, 0.1) is 50.7 Å². The maximum Gasteiger partial charge on any atom is 0.338 e. The fraction of sp³-hybridized carbons (Fsp3) is 0.226. The number of halogens is 3. The van der Waals surface area contributed by atoms with E-state index in [1.807, 2.05) is 0 Å². The van der Waals surface area contributed by atoms with E-state index in [9.17, 15) is 28.7 Å². The quantitative estimate of drug-likeness (QED) is 0.205. The highest BCUT2D eigenvalue weighted by molar-refractivity contribution is 7.18. The lowest BCUT2D eigenvalue weighted by Gasteiger charge is -2.22. The van der Waals surface area contributed by atoms with Crippen molar-refractivity contribution in [2.45, 2.75) is 38.7 Å². The molecule has 9 nitrogen and oxygen atoms in total. The van der Waals surface area contributed by atoms with Gasteiger partial charge >= 0.3 is 5.97 Å². The van der Waals surface area contributed by atoms with Crippen LogP contribution in [0.25, 0.3) is 37.8 Å². The number of hydrogen-bond acceptors (Lipinski definition) is 8. The summed E-state index contributed by atoms with van der Waals surface area (Å²) in [6.07, 6.45) is 3.52. The van der Waals surface area contributed by atoms with Crippen LogP contribution in [0.3, 0.4) is 0 Å². The molecule has 0 aliphatic heterocycles. The number of carboxylic acids is 1. The molecule has 0 atom stereocenters. The van der Waals surface area contributed by atoms with Crippen molar-refractivity contribution in [2.75, 3.05) is 6.61 Å². The summed E-state index contributed by atoms with van der Waals surface area (Å²) in [5, 5.41) is 21.6. The first-order valence-corrected chi connectivity index (χ1v) is 14.7. The zero-order valence-electron chi connectivity index (χ0n) is 23.1. The van der Waals surface area contributed by atoms with Gasteiger partial charge in [0.2, 0.25) is 0 Å². The summed E-state index contributed by atoms with van der Waals surface area (Å²) < 4.78 is 35.7. The molecule has 4 heterocycles. The number of nitriles is 1. The maximum atomic E-state index is 13.7. The molecule has 1 aromatic carbocycles. The fourth-order valence-electron chi connectivity index (χ4n) is 5.33. The van der Waals surface area contributed by atoms with Gasteiger partial charge in [0, 0.05) is 40.6 Å². The van der Waals surface area contributed by atoms with Crippen molar-refractivity contribution >= 4 is 55.6 Å². The van der Waals surface area contributed by atoms with Gasteiger partial charge in [-0.1, -0.05) is 17.7 Å². The van der Waals surface area contributed by atoms with Crippen molar-refractivity contribution in [3.05, 3.63) is 86.1 Å². The molecule has 0 radical (unpaired) electrons. The lowest BCUT2D eigenvalue weighted by molar-refractivity contribution is -0.00606. The van der Waals surface area contributed by atoms with Crippen LogP contribution in [0.5, 0.6) is 5.75 Å². The Labute approximate surface area is 257 Å². The molecule has 0 unspecified atom stereocenters. The van der Waals surface area contributed by atoms with Crippen molar-refractivity contribution in [2.24, 2.45) is 0 Å². The minimum Gasteiger partial charge on any atom is -0.491 e. The molecule has 0 saturated heterocycles. The summed E-state index contributed by atoms with van der Waals surface area (Å²) in [5.74, 6) is -3.05. The number of aryl methyl sites for hydroxylation is 1. The molecule has 0 amide bonds. The Bertz CT molecular complexity index is 2120. The largest absolute Gasteiger partial charge is 0.491 e. The fourth-order valence-corrected chi connectivity index (χ4v) is 6.53. The summed E-state index contributed by atoms with van der Waals surface area (Å²) in [5.41, 5.74) is 2.27. The van der Waals surface area contributed by atoms with E-state index in [4.69, 9.17) is 16.3 Å². The van der Waals surface area contributed by atoms with Crippen LogP contribution >= 0.6 is 22.9 Å². The first-order chi connectivity index (χ1) is 21.1. The summed E-state index contributed by atoms with van der Waals surface area (Å²) in [7, 11) is 0. The minimum atomic E-state index is -2.81. The number of carboxylic acid groups (broad SMARTS) is 1. The number of fused-ring (bicyclic) bond motifs is 2. The van der Waals surface area contributed by atoms with Crippen LogP contribution < -0.4 is 10.3 Å². The predicted molar refractivity (Wildman–Crippen MR) is 163 cm³/mol. The van der Waals surface area contributed by atoms with Gasteiger partial charge in [-0.25, -0.2) is 18.6 Å². The number of hydrogen-bond donors (Lipinski definition) is 1. The van der Waals surface area contributed by atoms with E-state index >= 15 is 0 Å². The molecule has 6 rings (SSSR count). The highest BCUT2D eigenvalue weighted by Gasteiger charge is 2.32. The zero-order valence-corrected chi connectivity index (χ0v) is 24.7. The number of alkyl halides is 2. The van der Waals surface area contributed by atoms with Crippen LogP contribution in [0.2, 0.25) is 5.02 Å². The molecule has 0 bridgehead atoms. The Morgan fingerprint density at radius 2 is 2.09 bits per heavy atom. The number of carbonyl (C=O) groups is 1. The molecule has 44 heavy (non-hydrogen) atoms. The molecule has 5 aromatic rings. The molecule has 1 aliphatic rings. The monoisotopic (exact) mass is 633 g/mol. The molecule has 1 N–H and O–H groups in total. The summed E-state index contributed by atoms with van der Waals surface area (Å²) >= 11 is 7.57. The molecule has 1 aliphatic carbocycles. The van der Waals surface area contributed by atoms with Crippen LogP contribution in [0.4, 0.5) is 8.78 Å². The average molecular weight is 634 g/mol. The van der Waals surface area contributed by atoms with Gasteiger partial charge in [0.1, 0.15) is 24.3 Å². The van der Waals surface area contributed by atoms with Crippen molar-refractivity contribution in [3.8, 4) is 22.9 Å². The lowest BCUT2D eigenvalue weighted by Crippen LogP contribution is -2.27. The Hall–Kier alpha value is -4.73. The average Bonchev–Trinajstić information content (AvgIpc) is 3.44. The molecule has 0 saturated carbocycles. The smallest absolute Gasteiger partial charge is 0.338 e. The Morgan fingerprint density at radius 3 is 2.82 bits per heavy atom.